The maximum atomic E-state index is 13.3. The lowest BCUT2D eigenvalue weighted by atomic mass is 10.00. The lowest BCUT2D eigenvalue weighted by molar-refractivity contribution is 0.0593. The summed E-state index contributed by atoms with van der Waals surface area (Å²) in [4.78, 5) is 65.2. The molecular weight excluding hydrogens is 905 g/mol. The molecule has 10 heteroatoms. The topological polar surface area (TPSA) is 132 Å². The quantitative estimate of drug-likeness (QED) is 0.0347. The van der Waals surface area contributed by atoms with Crippen LogP contribution in [-0.4, -0.2) is 37.0 Å². The Hall–Kier alpha value is -8.11. The zero-order valence-corrected chi connectivity index (χ0v) is 41.2. The van der Waals surface area contributed by atoms with Gasteiger partial charge in [0.2, 0.25) is 0 Å². The zero-order valence-electron chi connectivity index (χ0n) is 41.2. The van der Waals surface area contributed by atoms with Gasteiger partial charge in [0.1, 0.15) is 23.0 Å². The summed E-state index contributed by atoms with van der Waals surface area (Å²) in [5.74, 6) is -3.25. The molecule has 72 heavy (non-hydrogen) atoms. The van der Waals surface area contributed by atoms with E-state index in [2.05, 4.69) is 62.4 Å². The monoisotopic (exact) mass is 964 g/mol. The average molecular weight is 965 g/mol. The standard InChI is InChI=1S/C62H60O10/c1-4-6-8-10-12-14-43-16-20-45(21-17-43)47-24-28-49(29-25-47)59(64)69-54-36-32-51(33-37-54)61(66)71-56-40-53(58(63)68-3)41-57(42-56)72-62(67)52-34-38-55(39-35-52)70-60(65)50-30-26-48(27-31-50)46-22-18-44(19-23-46)15-13-11-9-7-5-2/h16-42H,4-15H2,1-3H3. The lowest BCUT2D eigenvalue weighted by Crippen LogP contribution is -2.12. The predicted octanol–water partition coefficient (Wildman–Crippen LogP) is 14.7. The molecule has 0 saturated carbocycles. The summed E-state index contributed by atoms with van der Waals surface area (Å²) in [6, 6.07) is 46.8. The number of rotatable bonds is 23. The van der Waals surface area contributed by atoms with Crippen molar-refractivity contribution in [1.29, 1.82) is 0 Å². The Balaban J connectivity index is 0.900. The maximum Gasteiger partial charge on any atom is 0.343 e. The van der Waals surface area contributed by atoms with E-state index in [-0.39, 0.29) is 39.7 Å². The first-order chi connectivity index (χ1) is 35.1. The summed E-state index contributed by atoms with van der Waals surface area (Å²) in [7, 11) is 1.19. The molecule has 0 N–H and O–H groups in total. The Morgan fingerprint density at radius 1 is 0.306 bits per heavy atom. The minimum atomic E-state index is -0.794. The van der Waals surface area contributed by atoms with Crippen molar-refractivity contribution >= 4 is 29.8 Å². The van der Waals surface area contributed by atoms with E-state index in [0.29, 0.717) is 11.1 Å². The fourth-order valence-corrected chi connectivity index (χ4v) is 8.10. The number of benzene rings is 7. The smallest absolute Gasteiger partial charge is 0.343 e. The average Bonchev–Trinajstić information content (AvgIpc) is 3.41. The van der Waals surface area contributed by atoms with E-state index < -0.39 is 29.8 Å². The van der Waals surface area contributed by atoms with Gasteiger partial charge in [0.15, 0.2) is 0 Å². The number of methoxy groups -OCH3 is 1. The lowest BCUT2D eigenvalue weighted by Gasteiger charge is -2.11. The minimum absolute atomic E-state index is 0.0426. The molecule has 10 nitrogen and oxygen atoms in total. The number of carbonyl (C=O) groups is 5. The van der Waals surface area contributed by atoms with Crippen molar-refractivity contribution < 1.29 is 47.7 Å². The van der Waals surface area contributed by atoms with Crippen molar-refractivity contribution in [3.8, 4) is 45.3 Å². The SMILES string of the molecule is CCCCCCCc1ccc(-c2ccc(C(=O)Oc3ccc(C(=O)Oc4cc(OC(=O)c5ccc(OC(=O)c6ccc(-c7ccc(CCCCCCC)cc7)cc6)cc5)cc(C(=O)OC)c4)cc3)cc2)cc1. The number of hydrogen-bond acceptors (Lipinski definition) is 10. The van der Waals surface area contributed by atoms with Crippen molar-refractivity contribution in [3.63, 3.8) is 0 Å². The van der Waals surface area contributed by atoms with Crippen LogP contribution in [0.25, 0.3) is 22.3 Å². The summed E-state index contributed by atoms with van der Waals surface area (Å²) in [6.07, 6.45) is 14.6. The van der Waals surface area contributed by atoms with Gasteiger partial charge in [0, 0.05) is 6.07 Å². The summed E-state index contributed by atoms with van der Waals surface area (Å²) >= 11 is 0. The molecule has 0 saturated heterocycles. The molecule has 0 aliphatic carbocycles. The van der Waals surface area contributed by atoms with E-state index >= 15 is 0 Å². The van der Waals surface area contributed by atoms with Gasteiger partial charge in [-0.25, -0.2) is 24.0 Å². The number of unbranched alkanes of at least 4 members (excludes halogenated alkanes) is 8. The first kappa shape index (κ1) is 51.7. The Bertz CT molecular complexity index is 2710. The van der Waals surface area contributed by atoms with Crippen molar-refractivity contribution in [2.45, 2.75) is 90.9 Å². The molecule has 368 valence electrons. The van der Waals surface area contributed by atoms with Gasteiger partial charge in [-0.3, -0.25) is 0 Å². The molecule has 0 aliphatic rings. The van der Waals surface area contributed by atoms with Crippen molar-refractivity contribution in [2.75, 3.05) is 7.11 Å². The molecule has 0 amide bonds. The highest BCUT2D eigenvalue weighted by Gasteiger charge is 2.19. The highest BCUT2D eigenvalue weighted by Crippen LogP contribution is 2.28. The molecule has 0 aliphatic heterocycles. The van der Waals surface area contributed by atoms with E-state index in [1.165, 1.54) is 149 Å². The van der Waals surface area contributed by atoms with Gasteiger partial charge < -0.3 is 23.7 Å². The van der Waals surface area contributed by atoms with Gasteiger partial charge in [0.05, 0.1) is 34.9 Å². The van der Waals surface area contributed by atoms with Gasteiger partial charge in [-0.1, -0.05) is 138 Å². The molecule has 7 aromatic carbocycles. The van der Waals surface area contributed by atoms with Gasteiger partial charge >= 0.3 is 29.8 Å². The molecule has 0 spiro atoms. The summed E-state index contributed by atoms with van der Waals surface area (Å²) in [6.45, 7) is 4.44. The number of hydrogen-bond donors (Lipinski definition) is 0. The maximum absolute atomic E-state index is 13.3. The number of esters is 5. The van der Waals surface area contributed by atoms with E-state index in [1.807, 2.05) is 24.3 Å². The van der Waals surface area contributed by atoms with Gasteiger partial charge in [-0.15, -0.1) is 0 Å². The number of ether oxygens (including phenoxy) is 5. The Kier molecular flexibility index (Phi) is 18.8. The molecule has 0 fully saturated rings. The second-order valence-corrected chi connectivity index (χ2v) is 17.7. The van der Waals surface area contributed by atoms with Crippen LogP contribution in [0.5, 0.6) is 23.0 Å². The van der Waals surface area contributed by atoms with Crippen LogP contribution in [0.3, 0.4) is 0 Å². The summed E-state index contributed by atoms with van der Waals surface area (Å²) < 4.78 is 27.2. The molecule has 0 heterocycles. The van der Waals surface area contributed by atoms with Crippen LogP contribution in [0, 0.1) is 0 Å². The second kappa shape index (κ2) is 26.2. The molecule has 0 atom stereocenters. The van der Waals surface area contributed by atoms with Crippen molar-refractivity contribution in [1.82, 2.24) is 0 Å². The molecule has 0 radical (unpaired) electrons. The van der Waals surface area contributed by atoms with E-state index in [9.17, 15) is 24.0 Å². The van der Waals surface area contributed by atoms with Crippen LogP contribution in [-0.2, 0) is 17.6 Å². The Labute approximate surface area is 421 Å². The van der Waals surface area contributed by atoms with E-state index in [1.54, 1.807) is 24.3 Å². The zero-order chi connectivity index (χ0) is 50.7. The van der Waals surface area contributed by atoms with Crippen LogP contribution >= 0.6 is 0 Å². The van der Waals surface area contributed by atoms with Crippen LogP contribution in [0.15, 0.2) is 164 Å². The summed E-state index contributed by atoms with van der Waals surface area (Å²) in [5.41, 5.74) is 7.63. The first-order valence-electron chi connectivity index (χ1n) is 24.8. The third-order valence-corrected chi connectivity index (χ3v) is 12.3. The van der Waals surface area contributed by atoms with Crippen LogP contribution in [0.2, 0.25) is 0 Å². The van der Waals surface area contributed by atoms with Crippen LogP contribution < -0.4 is 18.9 Å². The van der Waals surface area contributed by atoms with E-state index in [4.69, 9.17) is 23.7 Å². The van der Waals surface area contributed by atoms with Crippen molar-refractivity contribution in [3.05, 3.63) is 203 Å². The highest BCUT2D eigenvalue weighted by atomic mass is 16.6. The first-order valence-corrected chi connectivity index (χ1v) is 24.8. The van der Waals surface area contributed by atoms with Gasteiger partial charge in [0.25, 0.3) is 0 Å². The molecule has 7 aromatic rings. The van der Waals surface area contributed by atoms with Gasteiger partial charge in [-0.2, -0.15) is 0 Å². The minimum Gasteiger partial charge on any atom is -0.465 e. The highest BCUT2D eigenvalue weighted by molar-refractivity contribution is 5.96. The van der Waals surface area contributed by atoms with E-state index in [0.717, 1.165) is 35.1 Å². The van der Waals surface area contributed by atoms with Crippen molar-refractivity contribution in [2.24, 2.45) is 0 Å². The Morgan fingerprint density at radius 3 is 0.917 bits per heavy atom. The van der Waals surface area contributed by atoms with Crippen LogP contribution in [0.1, 0.15) is 141 Å². The third-order valence-electron chi connectivity index (χ3n) is 12.3. The fraction of sp³-hybridized carbons (Fsp3) is 0.242. The largest absolute Gasteiger partial charge is 0.465 e. The molecular formula is C62H60O10. The normalized spacial score (nSPS) is 10.8. The molecule has 0 unspecified atom stereocenters. The Morgan fingerprint density at radius 2 is 0.597 bits per heavy atom. The van der Waals surface area contributed by atoms with Gasteiger partial charge in [-0.05, 0) is 144 Å². The second-order valence-electron chi connectivity index (χ2n) is 17.7. The predicted molar refractivity (Wildman–Crippen MR) is 279 cm³/mol. The summed E-state index contributed by atoms with van der Waals surface area (Å²) in [5, 5.41) is 0. The molecule has 7 rings (SSSR count). The number of aryl methyl sites for hydroxylation is 2. The van der Waals surface area contributed by atoms with Crippen LogP contribution in [0.4, 0.5) is 0 Å². The number of carbonyl (C=O) groups excluding carboxylic acids is 5. The fourth-order valence-electron chi connectivity index (χ4n) is 8.10. The third kappa shape index (κ3) is 14.9. The molecule has 0 aromatic heterocycles. The molecule has 0 bridgehead atoms.